The lowest BCUT2D eigenvalue weighted by atomic mass is 10.2. The molecule has 0 atom stereocenters. The van der Waals surface area contributed by atoms with Gasteiger partial charge in [-0.1, -0.05) is 0 Å². The number of sulfonamides is 1. The van der Waals surface area contributed by atoms with Crippen LogP contribution in [0.5, 0.6) is 0 Å². The molecule has 0 unspecified atom stereocenters. The highest BCUT2D eigenvalue weighted by atomic mass is 79.9. The summed E-state index contributed by atoms with van der Waals surface area (Å²) in [5.41, 5.74) is 2.19. The standard InChI is InChI=1S/C15H15BrN6O2S/c1-21-15-12(13(16)20-21)14(17-9-18-15)19-10-3-5-11(6-4-10)22-7-2-8-25(22,23)24/h3-6,9H,2,7-8H2,1H3,(H,17,18,19). The first-order chi connectivity index (χ1) is 12.0. The minimum Gasteiger partial charge on any atom is -0.339 e. The summed E-state index contributed by atoms with van der Waals surface area (Å²) in [6.07, 6.45) is 2.14. The first-order valence-electron chi connectivity index (χ1n) is 7.66. The summed E-state index contributed by atoms with van der Waals surface area (Å²) in [6.45, 7) is 0.532. The molecule has 4 rings (SSSR count). The van der Waals surface area contributed by atoms with Gasteiger partial charge in [0.25, 0.3) is 0 Å². The zero-order valence-corrected chi connectivity index (χ0v) is 15.7. The van der Waals surface area contributed by atoms with E-state index in [9.17, 15) is 8.42 Å². The summed E-state index contributed by atoms with van der Waals surface area (Å²) in [5.74, 6) is 0.840. The number of hydrogen-bond donors (Lipinski definition) is 1. The molecule has 1 aliphatic heterocycles. The number of nitrogens with zero attached hydrogens (tertiary/aromatic N) is 5. The second kappa shape index (κ2) is 5.95. The average molecular weight is 423 g/mol. The molecule has 0 spiro atoms. The number of aromatic nitrogens is 4. The number of hydrogen-bond acceptors (Lipinski definition) is 6. The number of halogens is 1. The number of fused-ring (bicyclic) bond motifs is 1. The molecule has 25 heavy (non-hydrogen) atoms. The third-order valence-corrected chi connectivity index (χ3v) is 6.52. The Labute approximate surface area is 153 Å². The molecule has 130 valence electrons. The van der Waals surface area contributed by atoms with Gasteiger partial charge in [-0.2, -0.15) is 5.10 Å². The second-order valence-corrected chi connectivity index (χ2v) is 8.51. The van der Waals surface area contributed by atoms with Crippen molar-refractivity contribution >= 4 is 54.2 Å². The monoisotopic (exact) mass is 422 g/mol. The van der Waals surface area contributed by atoms with Crippen molar-refractivity contribution < 1.29 is 8.42 Å². The zero-order chi connectivity index (χ0) is 17.6. The number of rotatable bonds is 3. The Bertz CT molecular complexity index is 1050. The Kier molecular flexibility index (Phi) is 3.88. The summed E-state index contributed by atoms with van der Waals surface area (Å²) in [4.78, 5) is 8.52. The highest BCUT2D eigenvalue weighted by Crippen LogP contribution is 2.30. The van der Waals surface area contributed by atoms with E-state index in [0.717, 1.165) is 11.1 Å². The minimum absolute atomic E-state index is 0.209. The Morgan fingerprint density at radius 2 is 1.96 bits per heavy atom. The number of nitrogens with one attached hydrogen (secondary N) is 1. The summed E-state index contributed by atoms with van der Waals surface area (Å²) in [6, 6.07) is 7.26. The third-order valence-electron chi connectivity index (χ3n) is 4.10. The van der Waals surface area contributed by atoms with Crippen molar-refractivity contribution in [2.75, 3.05) is 21.9 Å². The molecule has 1 fully saturated rings. The quantitative estimate of drug-likeness (QED) is 0.696. The highest BCUT2D eigenvalue weighted by Gasteiger charge is 2.28. The van der Waals surface area contributed by atoms with E-state index in [4.69, 9.17) is 0 Å². The van der Waals surface area contributed by atoms with E-state index in [1.807, 2.05) is 19.2 Å². The van der Waals surface area contributed by atoms with Gasteiger partial charge in [-0.05, 0) is 46.6 Å². The fourth-order valence-corrected chi connectivity index (χ4v) is 5.08. The van der Waals surface area contributed by atoms with Crippen LogP contribution in [0.15, 0.2) is 35.2 Å². The maximum absolute atomic E-state index is 12.0. The SMILES string of the molecule is Cn1nc(Br)c2c(Nc3ccc(N4CCCS4(=O)=O)cc3)ncnc21. The smallest absolute Gasteiger partial charge is 0.235 e. The minimum atomic E-state index is -3.17. The van der Waals surface area contributed by atoms with Crippen LogP contribution in [-0.2, 0) is 17.1 Å². The van der Waals surface area contributed by atoms with Gasteiger partial charge in [0.15, 0.2) is 5.65 Å². The van der Waals surface area contributed by atoms with Gasteiger partial charge in [0.1, 0.15) is 16.7 Å². The normalized spacial score (nSPS) is 16.5. The highest BCUT2D eigenvalue weighted by molar-refractivity contribution is 9.10. The lowest BCUT2D eigenvalue weighted by Gasteiger charge is -2.17. The topological polar surface area (TPSA) is 93.0 Å². The van der Waals surface area contributed by atoms with Crippen LogP contribution < -0.4 is 9.62 Å². The lowest BCUT2D eigenvalue weighted by molar-refractivity contribution is 0.599. The molecule has 0 aliphatic carbocycles. The Hall–Kier alpha value is -2.20. The van der Waals surface area contributed by atoms with Gasteiger partial charge in [0.05, 0.1) is 16.8 Å². The van der Waals surface area contributed by atoms with Crippen molar-refractivity contribution in [1.29, 1.82) is 0 Å². The maximum atomic E-state index is 12.0. The van der Waals surface area contributed by atoms with E-state index < -0.39 is 10.0 Å². The third kappa shape index (κ3) is 2.85. The van der Waals surface area contributed by atoms with Crippen molar-refractivity contribution in [1.82, 2.24) is 19.7 Å². The fraction of sp³-hybridized carbons (Fsp3) is 0.267. The number of anilines is 3. The van der Waals surface area contributed by atoms with E-state index in [0.29, 0.717) is 34.7 Å². The van der Waals surface area contributed by atoms with Crippen molar-refractivity contribution in [2.45, 2.75) is 6.42 Å². The molecular formula is C15H15BrN6O2S. The van der Waals surface area contributed by atoms with Crippen LogP contribution in [0.2, 0.25) is 0 Å². The van der Waals surface area contributed by atoms with E-state index in [2.05, 4.69) is 36.3 Å². The van der Waals surface area contributed by atoms with Gasteiger partial charge in [0, 0.05) is 19.3 Å². The van der Waals surface area contributed by atoms with Gasteiger partial charge in [-0.25, -0.2) is 23.1 Å². The summed E-state index contributed by atoms with van der Waals surface area (Å²) in [5, 5.41) is 8.32. The van der Waals surface area contributed by atoms with Crippen LogP contribution in [0, 0.1) is 0 Å². The van der Waals surface area contributed by atoms with E-state index in [1.165, 1.54) is 10.6 Å². The van der Waals surface area contributed by atoms with Crippen molar-refractivity contribution in [3.05, 3.63) is 35.2 Å². The second-order valence-electron chi connectivity index (χ2n) is 5.75. The molecule has 0 saturated carbocycles. The van der Waals surface area contributed by atoms with Crippen molar-refractivity contribution in [2.24, 2.45) is 7.05 Å². The molecule has 3 aromatic rings. The first kappa shape index (κ1) is 16.3. The molecule has 10 heteroatoms. The van der Waals surface area contributed by atoms with Crippen molar-refractivity contribution in [3.8, 4) is 0 Å². The van der Waals surface area contributed by atoms with Gasteiger partial charge >= 0.3 is 0 Å². The van der Waals surface area contributed by atoms with Gasteiger partial charge in [0.2, 0.25) is 10.0 Å². The largest absolute Gasteiger partial charge is 0.339 e. The van der Waals surface area contributed by atoms with Crippen molar-refractivity contribution in [3.63, 3.8) is 0 Å². The predicted octanol–water partition coefficient (Wildman–Crippen LogP) is 2.41. The number of aryl methyl sites for hydroxylation is 1. The van der Waals surface area contributed by atoms with Crippen LogP contribution in [0.3, 0.4) is 0 Å². The summed E-state index contributed by atoms with van der Waals surface area (Å²) in [7, 11) is -1.35. The molecular weight excluding hydrogens is 408 g/mol. The summed E-state index contributed by atoms with van der Waals surface area (Å²) < 4.78 is 27.8. The Balaban J connectivity index is 1.64. The molecule has 0 radical (unpaired) electrons. The lowest BCUT2D eigenvalue weighted by Crippen LogP contribution is -2.24. The zero-order valence-electron chi connectivity index (χ0n) is 13.3. The Morgan fingerprint density at radius 1 is 1.20 bits per heavy atom. The van der Waals surface area contributed by atoms with Crippen LogP contribution in [0.1, 0.15) is 6.42 Å². The molecule has 8 nitrogen and oxygen atoms in total. The first-order valence-corrected chi connectivity index (χ1v) is 10.1. The summed E-state index contributed by atoms with van der Waals surface area (Å²) >= 11 is 3.43. The molecule has 2 aromatic heterocycles. The molecule has 1 saturated heterocycles. The average Bonchev–Trinajstić information content (AvgIpc) is 3.08. The Morgan fingerprint density at radius 3 is 2.64 bits per heavy atom. The number of benzene rings is 1. The predicted molar refractivity (Wildman–Crippen MR) is 99.5 cm³/mol. The van der Waals surface area contributed by atoms with Gasteiger partial charge in [-0.3, -0.25) is 4.31 Å². The van der Waals surface area contributed by atoms with E-state index in [1.54, 1.807) is 16.8 Å². The molecule has 1 aliphatic rings. The van der Waals surface area contributed by atoms with E-state index in [-0.39, 0.29) is 5.75 Å². The van der Waals surface area contributed by atoms with Crippen LogP contribution in [0.4, 0.5) is 17.2 Å². The van der Waals surface area contributed by atoms with Gasteiger partial charge in [-0.15, -0.1) is 0 Å². The van der Waals surface area contributed by atoms with Crippen LogP contribution in [-0.4, -0.2) is 40.5 Å². The molecule has 3 heterocycles. The van der Waals surface area contributed by atoms with Crippen LogP contribution in [0.25, 0.3) is 11.0 Å². The molecule has 0 bridgehead atoms. The molecule has 0 amide bonds. The molecule has 1 N–H and O–H groups in total. The van der Waals surface area contributed by atoms with Crippen LogP contribution >= 0.6 is 15.9 Å². The fourth-order valence-electron chi connectivity index (χ4n) is 2.91. The van der Waals surface area contributed by atoms with E-state index >= 15 is 0 Å². The van der Waals surface area contributed by atoms with Gasteiger partial charge < -0.3 is 5.32 Å². The maximum Gasteiger partial charge on any atom is 0.235 e. The molecule has 1 aromatic carbocycles.